The van der Waals surface area contributed by atoms with E-state index >= 15 is 0 Å². The van der Waals surface area contributed by atoms with Gasteiger partial charge in [0.25, 0.3) is 0 Å². The van der Waals surface area contributed by atoms with Crippen molar-refractivity contribution in [1.29, 1.82) is 0 Å². The van der Waals surface area contributed by atoms with Crippen molar-refractivity contribution in [2.45, 2.75) is 19.0 Å². The highest BCUT2D eigenvalue weighted by molar-refractivity contribution is 9.10. The Hall–Kier alpha value is -1.60. The molecule has 1 amide bonds. The molecule has 0 radical (unpaired) electrons. The number of carboxylic acids is 1. The maximum atomic E-state index is 11.9. The number of hydrogen-bond acceptors (Lipinski definition) is 4. The van der Waals surface area contributed by atoms with Gasteiger partial charge in [-0.05, 0) is 33.6 Å². The first-order chi connectivity index (χ1) is 10.0. The number of carbonyl (C=O) groups is 2. The van der Waals surface area contributed by atoms with Crippen molar-refractivity contribution >= 4 is 27.8 Å². The third-order valence-corrected chi connectivity index (χ3v) is 4.03. The van der Waals surface area contributed by atoms with Gasteiger partial charge in [-0.1, -0.05) is 6.07 Å². The number of benzene rings is 1. The molecular weight excluding hydrogens is 340 g/mol. The Morgan fingerprint density at radius 2 is 2.33 bits per heavy atom. The fourth-order valence-corrected chi connectivity index (χ4v) is 2.97. The number of nitrogens with one attached hydrogen (secondary N) is 1. The molecule has 0 bridgehead atoms. The van der Waals surface area contributed by atoms with Gasteiger partial charge >= 0.3 is 5.97 Å². The number of piperazine rings is 1. The van der Waals surface area contributed by atoms with E-state index in [1.807, 2.05) is 23.1 Å². The molecule has 1 saturated heterocycles. The van der Waals surface area contributed by atoms with E-state index in [0.29, 0.717) is 19.6 Å². The highest BCUT2D eigenvalue weighted by atomic mass is 79.9. The summed E-state index contributed by atoms with van der Waals surface area (Å²) in [4.78, 5) is 24.7. The van der Waals surface area contributed by atoms with Crippen molar-refractivity contribution in [2.75, 3.05) is 20.2 Å². The monoisotopic (exact) mass is 356 g/mol. The largest absolute Gasteiger partial charge is 0.496 e. The van der Waals surface area contributed by atoms with Gasteiger partial charge in [-0.15, -0.1) is 0 Å². The fourth-order valence-electron chi connectivity index (χ4n) is 2.38. The van der Waals surface area contributed by atoms with Gasteiger partial charge in [0.05, 0.1) is 18.0 Å². The first-order valence-corrected chi connectivity index (χ1v) is 7.36. The molecule has 2 N–H and O–H groups in total. The van der Waals surface area contributed by atoms with Crippen molar-refractivity contribution in [2.24, 2.45) is 0 Å². The lowest BCUT2D eigenvalue weighted by atomic mass is 10.1. The van der Waals surface area contributed by atoms with Crippen LogP contribution in [0, 0.1) is 0 Å². The van der Waals surface area contributed by atoms with Gasteiger partial charge in [0.15, 0.2) is 0 Å². The Kier molecular flexibility index (Phi) is 5.19. The highest BCUT2D eigenvalue weighted by Gasteiger charge is 2.31. The minimum Gasteiger partial charge on any atom is -0.496 e. The molecule has 0 saturated carbocycles. The van der Waals surface area contributed by atoms with E-state index in [2.05, 4.69) is 21.2 Å². The molecular formula is C14H17BrN2O4. The van der Waals surface area contributed by atoms with Crippen molar-refractivity contribution in [1.82, 2.24) is 10.2 Å². The van der Waals surface area contributed by atoms with Crippen LogP contribution in [0.5, 0.6) is 5.75 Å². The SMILES string of the molecule is COc1ccc(CN2CCNC(=O)C2CC(=O)O)cc1Br. The number of carboxylic acid groups (broad SMARTS) is 1. The second kappa shape index (κ2) is 6.91. The van der Waals surface area contributed by atoms with Crippen LogP contribution in [0.25, 0.3) is 0 Å². The fraction of sp³-hybridized carbons (Fsp3) is 0.429. The van der Waals surface area contributed by atoms with Crippen LogP contribution in [0.15, 0.2) is 22.7 Å². The first-order valence-electron chi connectivity index (χ1n) is 6.57. The number of ether oxygens (including phenoxy) is 1. The van der Waals surface area contributed by atoms with Crippen LogP contribution in [0.4, 0.5) is 0 Å². The van der Waals surface area contributed by atoms with Crippen LogP contribution >= 0.6 is 15.9 Å². The molecule has 1 aliphatic heterocycles. The number of aliphatic carboxylic acids is 1. The van der Waals surface area contributed by atoms with Crippen molar-refractivity contribution in [3.8, 4) is 5.75 Å². The van der Waals surface area contributed by atoms with Crippen LogP contribution in [-0.2, 0) is 16.1 Å². The third kappa shape index (κ3) is 3.95. The first kappa shape index (κ1) is 15.8. The summed E-state index contributed by atoms with van der Waals surface area (Å²) in [6.07, 6.45) is -0.191. The molecule has 1 aromatic rings. The molecule has 1 heterocycles. The number of rotatable bonds is 5. The average molecular weight is 357 g/mol. The van der Waals surface area contributed by atoms with Crippen molar-refractivity contribution in [3.05, 3.63) is 28.2 Å². The zero-order valence-electron chi connectivity index (χ0n) is 11.6. The zero-order chi connectivity index (χ0) is 15.4. The second-order valence-corrected chi connectivity index (χ2v) is 5.70. The molecule has 1 atom stereocenters. The molecule has 7 heteroatoms. The number of hydrogen-bond donors (Lipinski definition) is 2. The molecule has 1 aromatic carbocycles. The summed E-state index contributed by atoms with van der Waals surface area (Å²) in [6, 6.07) is 5.05. The summed E-state index contributed by atoms with van der Waals surface area (Å²) < 4.78 is 6.01. The number of carbonyl (C=O) groups excluding carboxylic acids is 1. The molecule has 1 fully saturated rings. The quantitative estimate of drug-likeness (QED) is 0.829. The molecule has 0 aliphatic carbocycles. The minimum atomic E-state index is -0.974. The van der Waals surface area contributed by atoms with Crippen LogP contribution in [0.1, 0.15) is 12.0 Å². The smallest absolute Gasteiger partial charge is 0.305 e. The summed E-state index contributed by atoms with van der Waals surface area (Å²) >= 11 is 3.42. The van der Waals surface area contributed by atoms with Gasteiger partial charge in [0, 0.05) is 19.6 Å². The van der Waals surface area contributed by atoms with E-state index in [9.17, 15) is 9.59 Å². The van der Waals surface area contributed by atoms with Gasteiger partial charge in [-0.25, -0.2) is 0 Å². The van der Waals surface area contributed by atoms with Gasteiger partial charge in [-0.2, -0.15) is 0 Å². The Balaban J connectivity index is 2.13. The number of nitrogens with zero attached hydrogens (tertiary/aromatic N) is 1. The molecule has 0 aromatic heterocycles. The zero-order valence-corrected chi connectivity index (χ0v) is 13.2. The Labute approximate surface area is 131 Å². The normalized spacial score (nSPS) is 19.1. The number of amides is 1. The Morgan fingerprint density at radius 3 is 2.95 bits per heavy atom. The molecule has 1 aliphatic rings. The standard InChI is InChI=1S/C14H17BrN2O4/c1-21-12-3-2-9(6-10(12)15)8-17-5-4-16-14(20)11(17)7-13(18)19/h2-3,6,11H,4-5,7-8H2,1H3,(H,16,20)(H,18,19). The van der Waals surface area contributed by atoms with Crippen molar-refractivity contribution < 1.29 is 19.4 Å². The van der Waals surface area contributed by atoms with Gasteiger partial charge in [-0.3, -0.25) is 14.5 Å². The molecule has 1 unspecified atom stereocenters. The molecule has 0 spiro atoms. The summed E-state index contributed by atoms with van der Waals surface area (Å²) in [5.74, 6) is -0.466. The second-order valence-electron chi connectivity index (χ2n) is 4.84. The lowest BCUT2D eigenvalue weighted by Gasteiger charge is -2.34. The molecule has 2 rings (SSSR count). The predicted octanol–water partition coefficient (Wildman–Crippen LogP) is 1.23. The molecule has 6 nitrogen and oxygen atoms in total. The Bertz CT molecular complexity index is 550. The summed E-state index contributed by atoms with van der Waals surface area (Å²) in [5, 5.41) is 11.7. The van der Waals surface area contributed by atoms with Crippen LogP contribution in [0.3, 0.4) is 0 Å². The van der Waals surface area contributed by atoms with E-state index in [-0.39, 0.29) is 12.3 Å². The van der Waals surface area contributed by atoms with E-state index in [1.165, 1.54) is 0 Å². The minimum absolute atomic E-state index is 0.191. The van der Waals surface area contributed by atoms with Crippen LogP contribution in [0.2, 0.25) is 0 Å². The molecule has 114 valence electrons. The number of halogens is 1. The van der Waals surface area contributed by atoms with Gasteiger partial charge in [0.2, 0.25) is 5.91 Å². The molecule has 21 heavy (non-hydrogen) atoms. The lowest BCUT2D eigenvalue weighted by Crippen LogP contribution is -2.55. The number of methoxy groups -OCH3 is 1. The highest BCUT2D eigenvalue weighted by Crippen LogP contribution is 2.26. The summed E-state index contributed by atoms with van der Waals surface area (Å²) in [7, 11) is 1.59. The van der Waals surface area contributed by atoms with E-state index in [1.54, 1.807) is 7.11 Å². The maximum Gasteiger partial charge on any atom is 0.305 e. The lowest BCUT2D eigenvalue weighted by molar-refractivity contribution is -0.143. The predicted molar refractivity (Wildman–Crippen MR) is 80.2 cm³/mol. The van der Waals surface area contributed by atoms with Crippen molar-refractivity contribution in [3.63, 3.8) is 0 Å². The van der Waals surface area contributed by atoms with E-state index < -0.39 is 12.0 Å². The van der Waals surface area contributed by atoms with Gasteiger partial charge < -0.3 is 15.2 Å². The topological polar surface area (TPSA) is 78.9 Å². The van der Waals surface area contributed by atoms with Gasteiger partial charge in [0.1, 0.15) is 11.8 Å². The van der Waals surface area contributed by atoms with Crippen LogP contribution < -0.4 is 10.1 Å². The maximum absolute atomic E-state index is 11.9. The average Bonchev–Trinajstić information content (AvgIpc) is 2.42. The summed E-state index contributed by atoms with van der Waals surface area (Å²) in [6.45, 7) is 1.69. The van der Waals surface area contributed by atoms with Crippen LogP contribution in [-0.4, -0.2) is 48.1 Å². The summed E-state index contributed by atoms with van der Waals surface area (Å²) in [5.41, 5.74) is 0.993. The third-order valence-electron chi connectivity index (χ3n) is 3.41. The van der Waals surface area contributed by atoms with E-state index in [0.717, 1.165) is 15.8 Å². The Morgan fingerprint density at radius 1 is 1.57 bits per heavy atom. The van der Waals surface area contributed by atoms with E-state index in [4.69, 9.17) is 9.84 Å².